The quantitative estimate of drug-likeness (QED) is 0.476. The molecule has 32 heavy (non-hydrogen) atoms. The molecular formula is C30H46O2. The van der Waals surface area contributed by atoms with Crippen LogP contribution < -0.4 is 0 Å². The lowest BCUT2D eigenvalue weighted by molar-refractivity contribution is 0.435. The average molecular weight is 439 g/mol. The van der Waals surface area contributed by atoms with Crippen molar-refractivity contribution in [2.24, 2.45) is 11.8 Å². The van der Waals surface area contributed by atoms with Gasteiger partial charge in [-0.3, -0.25) is 0 Å². The van der Waals surface area contributed by atoms with Crippen molar-refractivity contribution in [1.82, 2.24) is 0 Å². The van der Waals surface area contributed by atoms with Gasteiger partial charge in [0.15, 0.2) is 0 Å². The second kappa shape index (κ2) is 9.49. The predicted molar refractivity (Wildman–Crippen MR) is 138 cm³/mol. The molecule has 0 heterocycles. The summed E-state index contributed by atoms with van der Waals surface area (Å²) in [6.45, 7) is 24.0. The molecule has 0 amide bonds. The van der Waals surface area contributed by atoms with Gasteiger partial charge in [-0.15, -0.1) is 0 Å². The second-order valence-electron chi connectivity index (χ2n) is 12.6. The summed E-state index contributed by atoms with van der Waals surface area (Å²) in [6.07, 6.45) is 1.93. The molecule has 0 aliphatic rings. The number of hydrogen-bond acceptors (Lipinski definition) is 2. The van der Waals surface area contributed by atoms with Gasteiger partial charge in [-0.1, -0.05) is 94.4 Å². The van der Waals surface area contributed by atoms with Crippen LogP contribution in [0, 0.1) is 11.8 Å². The third kappa shape index (κ3) is 6.09. The van der Waals surface area contributed by atoms with E-state index in [1.54, 1.807) is 0 Å². The topological polar surface area (TPSA) is 40.5 Å². The van der Waals surface area contributed by atoms with Gasteiger partial charge in [0.25, 0.3) is 0 Å². The Morgan fingerprint density at radius 3 is 1.66 bits per heavy atom. The first-order chi connectivity index (χ1) is 14.5. The fourth-order valence-corrected chi connectivity index (χ4v) is 4.65. The summed E-state index contributed by atoms with van der Waals surface area (Å²) >= 11 is 0. The minimum Gasteiger partial charge on any atom is -0.508 e. The zero-order chi connectivity index (χ0) is 24.6. The molecule has 1 unspecified atom stereocenters. The molecule has 178 valence electrons. The Morgan fingerprint density at radius 2 is 1.19 bits per heavy atom. The smallest absolute Gasteiger partial charge is 0.123 e. The highest BCUT2D eigenvalue weighted by Crippen LogP contribution is 2.43. The van der Waals surface area contributed by atoms with Crippen LogP contribution in [0.5, 0.6) is 11.5 Å². The summed E-state index contributed by atoms with van der Waals surface area (Å²) in [5.41, 5.74) is 6.31. The van der Waals surface area contributed by atoms with Gasteiger partial charge in [-0.25, -0.2) is 0 Å². The molecule has 0 saturated heterocycles. The van der Waals surface area contributed by atoms with Crippen LogP contribution in [0.15, 0.2) is 24.3 Å². The molecule has 0 aromatic heterocycles. The van der Waals surface area contributed by atoms with Crippen LogP contribution in [0.3, 0.4) is 0 Å². The number of benzene rings is 2. The minimum absolute atomic E-state index is 0.0168. The van der Waals surface area contributed by atoms with E-state index in [9.17, 15) is 10.2 Å². The van der Waals surface area contributed by atoms with E-state index in [1.165, 1.54) is 11.1 Å². The summed E-state index contributed by atoms with van der Waals surface area (Å²) < 4.78 is 0. The van der Waals surface area contributed by atoms with Gasteiger partial charge in [0.05, 0.1) is 0 Å². The van der Waals surface area contributed by atoms with E-state index in [0.717, 1.165) is 35.1 Å². The van der Waals surface area contributed by atoms with E-state index in [2.05, 4.69) is 94.4 Å². The first kappa shape index (κ1) is 26.3. The number of hydrogen-bond donors (Lipinski definition) is 2. The highest BCUT2D eigenvalue weighted by Gasteiger charge is 2.27. The lowest BCUT2D eigenvalue weighted by atomic mass is 9.77. The van der Waals surface area contributed by atoms with Crippen molar-refractivity contribution in [3.05, 3.63) is 57.6 Å². The van der Waals surface area contributed by atoms with Crippen molar-refractivity contribution in [1.29, 1.82) is 0 Å². The molecule has 2 rings (SSSR count). The van der Waals surface area contributed by atoms with Gasteiger partial charge in [-0.05, 0) is 69.4 Å². The zero-order valence-corrected chi connectivity index (χ0v) is 22.4. The molecule has 0 fully saturated rings. The first-order valence-electron chi connectivity index (χ1n) is 12.2. The van der Waals surface area contributed by atoms with Gasteiger partial charge in [0.1, 0.15) is 11.5 Å². The lowest BCUT2D eigenvalue weighted by Crippen LogP contribution is -2.16. The highest BCUT2D eigenvalue weighted by molar-refractivity contribution is 5.54. The maximum absolute atomic E-state index is 11.4. The van der Waals surface area contributed by atoms with Crippen LogP contribution in [-0.2, 0) is 23.7 Å². The van der Waals surface area contributed by atoms with Crippen molar-refractivity contribution in [2.75, 3.05) is 0 Å². The zero-order valence-electron chi connectivity index (χ0n) is 22.4. The largest absolute Gasteiger partial charge is 0.508 e. The van der Waals surface area contributed by atoms with E-state index in [1.807, 2.05) is 6.07 Å². The van der Waals surface area contributed by atoms with Gasteiger partial charge in [0.2, 0.25) is 0 Å². The Kier molecular flexibility index (Phi) is 7.80. The molecule has 2 N–H and O–H groups in total. The second-order valence-corrected chi connectivity index (χ2v) is 12.6. The van der Waals surface area contributed by atoms with E-state index in [4.69, 9.17) is 0 Å². The Hall–Kier alpha value is -1.96. The van der Waals surface area contributed by atoms with Crippen LogP contribution >= 0.6 is 0 Å². The van der Waals surface area contributed by atoms with Gasteiger partial charge >= 0.3 is 0 Å². The van der Waals surface area contributed by atoms with Crippen LogP contribution in [-0.4, -0.2) is 10.2 Å². The van der Waals surface area contributed by atoms with E-state index in [0.29, 0.717) is 23.3 Å². The molecule has 0 radical (unpaired) electrons. The third-order valence-corrected chi connectivity index (χ3v) is 6.28. The Balaban J connectivity index is 2.75. The van der Waals surface area contributed by atoms with Crippen LogP contribution in [0.1, 0.15) is 115 Å². The Labute approximate surface area is 197 Å². The van der Waals surface area contributed by atoms with Crippen LogP contribution in [0.25, 0.3) is 0 Å². The molecule has 0 bridgehead atoms. The van der Waals surface area contributed by atoms with E-state index in [-0.39, 0.29) is 16.7 Å². The molecule has 0 aliphatic carbocycles. The highest BCUT2D eigenvalue weighted by atomic mass is 16.3. The number of phenols is 2. The molecule has 2 aromatic rings. The summed E-state index contributed by atoms with van der Waals surface area (Å²) in [6, 6.07) is 8.51. The third-order valence-electron chi connectivity index (χ3n) is 6.28. The van der Waals surface area contributed by atoms with Crippen LogP contribution in [0.4, 0.5) is 0 Å². The summed E-state index contributed by atoms with van der Waals surface area (Å²) in [7, 11) is 0. The molecule has 2 heteroatoms. The van der Waals surface area contributed by atoms with Crippen molar-refractivity contribution in [3.8, 4) is 11.5 Å². The number of phenolic OH excluding ortho intramolecular Hbond substituents is 2. The number of rotatable bonds is 6. The minimum atomic E-state index is -0.148. The monoisotopic (exact) mass is 438 g/mol. The number of aromatic hydroxyl groups is 2. The molecule has 2 nitrogen and oxygen atoms in total. The van der Waals surface area contributed by atoms with E-state index >= 15 is 0 Å². The normalized spacial score (nSPS) is 13.8. The fourth-order valence-electron chi connectivity index (χ4n) is 4.65. The van der Waals surface area contributed by atoms with Gasteiger partial charge in [-0.2, -0.15) is 0 Å². The molecular weight excluding hydrogens is 392 g/mol. The van der Waals surface area contributed by atoms with Gasteiger partial charge < -0.3 is 10.2 Å². The molecule has 0 aliphatic heterocycles. The molecule has 1 atom stereocenters. The summed E-state index contributed by atoms with van der Waals surface area (Å²) in [5, 5.41) is 22.3. The molecule has 2 aromatic carbocycles. The Bertz CT molecular complexity index is 937. The van der Waals surface area contributed by atoms with Crippen molar-refractivity contribution >= 4 is 0 Å². The summed E-state index contributed by atoms with van der Waals surface area (Å²) in [4.78, 5) is 0. The fraction of sp³-hybridized carbons (Fsp3) is 0.600. The van der Waals surface area contributed by atoms with Gasteiger partial charge in [0, 0.05) is 11.5 Å². The van der Waals surface area contributed by atoms with Crippen molar-refractivity contribution in [3.63, 3.8) is 0 Å². The maximum Gasteiger partial charge on any atom is 0.123 e. The van der Waals surface area contributed by atoms with Crippen LogP contribution in [0.2, 0.25) is 0 Å². The van der Waals surface area contributed by atoms with E-state index < -0.39 is 0 Å². The Morgan fingerprint density at radius 1 is 0.656 bits per heavy atom. The first-order valence-corrected chi connectivity index (χ1v) is 12.2. The van der Waals surface area contributed by atoms with Crippen molar-refractivity contribution in [2.45, 2.75) is 106 Å². The maximum atomic E-state index is 11.4. The molecule has 0 saturated carbocycles. The predicted octanol–water partition coefficient (Wildman–Crippen LogP) is 8.24. The van der Waals surface area contributed by atoms with Crippen molar-refractivity contribution < 1.29 is 10.2 Å². The average Bonchev–Trinajstić information content (AvgIpc) is 2.60. The molecule has 0 spiro atoms. The lowest BCUT2D eigenvalue weighted by Gasteiger charge is -2.28. The standard InChI is InChI=1S/C30H46O2/c1-18(2)12-21-14-24(28(32)26(15-21)30(9,10)11)20(5)23-17-27(31)25(29(6,7)8)16-22(23)13-19(3)4/h14-20,31-32H,12-13H2,1-11H3. The summed E-state index contributed by atoms with van der Waals surface area (Å²) in [5.74, 6) is 1.77. The SMILES string of the molecule is CC(C)Cc1cc(C(C)c2cc(O)c(C(C)(C)C)cc2CC(C)C)c(O)c(C(C)(C)C)c1.